The van der Waals surface area contributed by atoms with Crippen molar-refractivity contribution in [2.45, 2.75) is 31.9 Å². The van der Waals surface area contributed by atoms with E-state index in [-0.39, 0.29) is 17.5 Å². The molecule has 6 nitrogen and oxygen atoms in total. The maximum atomic E-state index is 12.5. The van der Waals surface area contributed by atoms with E-state index in [1.54, 1.807) is 18.7 Å². The molecular formula is C17H19ClN4O2. The smallest absolute Gasteiger partial charge is 0.312 e. The maximum absolute atomic E-state index is 12.5. The molecule has 0 saturated carbocycles. The third-order valence-electron chi connectivity index (χ3n) is 5.06. The Hall–Kier alpha value is -2.08. The molecule has 1 unspecified atom stereocenters. The lowest BCUT2D eigenvalue weighted by Gasteiger charge is -2.37. The molecule has 0 N–H and O–H groups in total. The molecule has 2 saturated heterocycles. The van der Waals surface area contributed by atoms with Gasteiger partial charge in [-0.25, -0.2) is 9.97 Å². The number of ether oxygens (including phenoxy) is 1. The number of nitrogens with zero attached hydrogens (tertiary/aromatic N) is 4. The van der Waals surface area contributed by atoms with Crippen molar-refractivity contribution in [1.29, 1.82) is 0 Å². The van der Waals surface area contributed by atoms with Crippen LogP contribution in [0.1, 0.15) is 19.3 Å². The van der Waals surface area contributed by atoms with Crippen molar-refractivity contribution in [1.82, 2.24) is 14.5 Å². The van der Waals surface area contributed by atoms with Gasteiger partial charge in [0.1, 0.15) is 11.9 Å². The molecular weight excluding hydrogens is 328 g/mol. The zero-order chi connectivity index (χ0) is 16.6. The van der Waals surface area contributed by atoms with Gasteiger partial charge in [0.25, 0.3) is 0 Å². The zero-order valence-electron chi connectivity index (χ0n) is 13.3. The average molecular weight is 347 g/mol. The van der Waals surface area contributed by atoms with Crippen LogP contribution < -0.4 is 4.90 Å². The van der Waals surface area contributed by atoms with Crippen LogP contribution in [0.2, 0.25) is 5.02 Å². The van der Waals surface area contributed by atoms with Gasteiger partial charge in [0, 0.05) is 38.1 Å². The summed E-state index contributed by atoms with van der Waals surface area (Å²) >= 11 is 6.24. The van der Waals surface area contributed by atoms with E-state index in [1.807, 2.05) is 22.9 Å². The van der Waals surface area contributed by atoms with E-state index < -0.39 is 0 Å². The lowest BCUT2D eigenvalue weighted by atomic mass is 9.76. The molecule has 2 aromatic rings. The molecule has 0 aromatic carbocycles. The monoisotopic (exact) mass is 346 g/mol. The summed E-state index contributed by atoms with van der Waals surface area (Å²) in [6.07, 6.45) is 9.39. The van der Waals surface area contributed by atoms with Crippen LogP contribution in [0.4, 0.5) is 5.82 Å². The average Bonchev–Trinajstić information content (AvgIpc) is 3.18. The number of carbonyl (C=O) groups is 1. The summed E-state index contributed by atoms with van der Waals surface area (Å²) in [6.45, 7) is 2.20. The lowest BCUT2D eigenvalue weighted by Crippen LogP contribution is -2.43. The van der Waals surface area contributed by atoms with Crippen LogP contribution in [0.3, 0.4) is 0 Å². The second-order valence-corrected chi connectivity index (χ2v) is 6.97. The molecule has 0 amide bonds. The summed E-state index contributed by atoms with van der Waals surface area (Å²) < 4.78 is 7.60. The van der Waals surface area contributed by atoms with Gasteiger partial charge in [-0.1, -0.05) is 11.6 Å². The van der Waals surface area contributed by atoms with Crippen LogP contribution in [0.15, 0.2) is 37.1 Å². The fraction of sp³-hybridized carbons (Fsp3) is 0.471. The largest absolute Gasteiger partial charge is 0.460 e. The first-order valence-electron chi connectivity index (χ1n) is 8.19. The number of cyclic esters (lactones) is 1. The number of esters is 1. The molecule has 0 bridgehead atoms. The van der Waals surface area contributed by atoms with Crippen molar-refractivity contribution in [2.24, 2.45) is 5.41 Å². The van der Waals surface area contributed by atoms with E-state index in [9.17, 15) is 4.79 Å². The first kappa shape index (κ1) is 15.4. The van der Waals surface area contributed by atoms with Crippen LogP contribution in [-0.4, -0.2) is 39.7 Å². The van der Waals surface area contributed by atoms with E-state index in [4.69, 9.17) is 16.3 Å². The highest BCUT2D eigenvalue weighted by molar-refractivity contribution is 6.32. The molecule has 2 aromatic heterocycles. The summed E-state index contributed by atoms with van der Waals surface area (Å²) in [7, 11) is 0. The normalized spacial score (nSPS) is 22.8. The predicted molar refractivity (Wildman–Crippen MR) is 89.9 cm³/mol. The molecule has 126 valence electrons. The van der Waals surface area contributed by atoms with E-state index in [0.29, 0.717) is 11.6 Å². The van der Waals surface area contributed by atoms with Crippen LogP contribution in [-0.2, 0) is 16.1 Å². The van der Waals surface area contributed by atoms with Gasteiger partial charge >= 0.3 is 5.97 Å². The minimum Gasteiger partial charge on any atom is -0.460 e. The SMILES string of the molecule is O=C1OC(Cn2ccnc2)CC12CCN(c1ncccc1Cl)CC2. The number of halogens is 1. The number of hydrogen-bond donors (Lipinski definition) is 0. The molecule has 1 atom stereocenters. The summed E-state index contributed by atoms with van der Waals surface area (Å²) in [4.78, 5) is 23.1. The molecule has 2 aliphatic rings. The third kappa shape index (κ3) is 2.75. The zero-order valence-corrected chi connectivity index (χ0v) is 14.0. The van der Waals surface area contributed by atoms with Gasteiger partial charge in [-0.3, -0.25) is 4.79 Å². The number of anilines is 1. The second-order valence-electron chi connectivity index (χ2n) is 6.57. The van der Waals surface area contributed by atoms with E-state index in [0.717, 1.165) is 38.2 Å². The standard InChI is InChI=1S/C17H19ClN4O2/c18-14-2-1-5-20-15(14)22-7-3-17(4-8-22)10-13(24-16(17)23)11-21-9-6-19-12-21/h1-2,5-6,9,12-13H,3-4,7-8,10-11H2. The first-order chi connectivity index (χ1) is 11.7. The number of aromatic nitrogens is 3. The topological polar surface area (TPSA) is 60.3 Å². The highest BCUT2D eigenvalue weighted by Crippen LogP contribution is 2.44. The second kappa shape index (κ2) is 6.09. The Labute approximate surface area is 145 Å². The van der Waals surface area contributed by atoms with Crippen LogP contribution in [0.5, 0.6) is 0 Å². The maximum Gasteiger partial charge on any atom is 0.312 e. The van der Waals surface area contributed by atoms with E-state index >= 15 is 0 Å². The van der Waals surface area contributed by atoms with Gasteiger partial charge in [-0.05, 0) is 25.0 Å². The predicted octanol–water partition coefficient (Wildman–Crippen LogP) is 2.53. The van der Waals surface area contributed by atoms with Crippen molar-refractivity contribution in [3.05, 3.63) is 42.1 Å². The van der Waals surface area contributed by atoms with Crippen LogP contribution in [0, 0.1) is 5.41 Å². The Morgan fingerprint density at radius 2 is 2.17 bits per heavy atom. The number of hydrogen-bond acceptors (Lipinski definition) is 5. The highest BCUT2D eigenvalue weighted by Gasteiger charge is 2.50. The minimum absolute atomic E-state index is 0.0561. The Bertz CT molecular complexity index is 726. The Balaban J connectivity index is 1.43. The van der Waals surface area contributed by atoms with Crippen molar-refractivity contribution < 1.29 is 9.53 Å². The number of imidazole rings is 1. The van der Waals surface area contributed by atoms with Gasteiger partial charge < -0.3 is 14.2 Å². The summed E-state index contributed by atoms with van der Waals surface area (Å²) in [5.41, 5.74) is -0.358. The highest BCUT2D eigenvalue weighted by atomic mass is 35.5. The lowest BCUT2D eigenvalue weighted by molar-refractivity contribution is -0.150. The minimum atomic E-state index is -0.358. The fourth-order valence-electron chi connectivity index (χ4n) is 3.73. The number of piperidine rings is 1. The van der Waals surface area contributed by atoms with Crippen LogP contribution >= 0.6 is 11.6 Å². The molecule has 0 aliphatic carbocycles. The number of rotatable bonds is 3. The first-order valence-corrected chi connectivity index (χ1v) is 8.56. The van der Waals surface area contributed by atoms with Crippen molar-refractivity contribution in [3.8, 4) is 0 Å². The number of carbonyl (C=O) groups excluding carboxylic acids is 1. The van der Waals surface area contributed by atoms with Crippen molar-refractivity contribution >= 4 is 23.4 Å². The van der Waals surface area contributed by atoms with Gasteiger partial charge in [0.2, 0.25) is 0 Å². The fourth-order valence-corrected chi connectivity index (χ4v) is 3.97. The summed E-state index contributed by atoms with van der Waals surface area (Å²) in [5, 5.41) is 0.653. The van der Waals surface area contributed by atoms with Gasteiger partial charge in [0.05, 0.1) is 23.3 Å². The van der Waals surface area contributed by atoms with Crippen LogP contribution in [0.25, 0.3) is 0 Å². The third-order valence-corrected chi connectivity index (χ3v) is 5.35. The quantitative estimate of drug-likeness (QED) is 0.799. The van der Waals surface area contributed by atoms with Gasteiger partial charge in [0.15, 0.2) is 0 Å². The Morgan fingerprint density at radius 1 is 1.33 bits per heavy atom. The molecule has 4 rings (SSSR count). The van der Waals surface area contributed by atoms with Gasteiger partial charge in [-0.2, -0.15) is 0 Å². The molecule has 2 fully saturated rings. The Morgan fingerprint density at radius 3 is 2.88 bits per heavy atom. The summed E-state index contributed by atoms with van der Waals surface area (Å²) in [6, 6.07) is 3.67. The molecule has 24 heavy (non-hydrogen) atoms. The van der Waals surface area contributed by atoms with Gasteiger partial charge in [-0.15, -0.1) is 0 Å². The van der Waals surface area contributed by atoms with E-state index in [1.165, 1.54) is 0 Å². The molecule has 4 heterocycles. The summed E-state index contributed by atoms with van der Waals surface area (Å²) in [5.74, 6) is 0.745. The van der Waals surface area contributed by atoms with E-state index in [2.05, 4.69) is 14.9 Å². The molecule has 0 radical (unpaired) electrons. The van der Waals surface area contributed by atoms with Crippen molar-refractivity contribution in [3.63, 3.8) is 0 Å². The Kier molecular flexibility index (Phi) is 3.92. The number of pyridine rings is 1. The van der Waals surface area contributed by atoms with Crippen molar-refractivity contribution in [2.75, 3.05) is 18.0 Å². The molecule has 1 spiro atoms. The molecule has 7 heteroatoms. The molecule has 2 aliphatic heterocycles.